The normalized spacial score (nSPS) is 23.5. The number of carbonyl (C=O) groups is 1. The van der Waals surface area contributed by atoms with Crippen LogP contribution >= 0.6 is 12.4 Å². The minimum absolute atomic E-state index is 0. The first-order valence-corrected chi connectivity index (χ1v) is 7.53. The maximum atomic E-state index is 13.1. The SMILES string of the molecule is Cl.O=C(NCC(O)c1cccc(F)c1)C1CC12CCNCC2. The smallest absolute Gasteiger partial charge is 0.223 e. The van der Waals surface area contributed by atoms with E-state index in [1.54, 1.807) is 12.1 Å². The lowest BCUT2D eigenvalue weighted by atomic mass is 9.92. The summed E-state index contributed by atoms with van der Waals surface area (Å²) in [7, 11) is 0. The fourth-order valence-electron chi connectivity index (χ4n) is 3.35. The summed E-state index contributed by atoms with van der Waals surface area (Å²) in [5.41, 5.74) is 0.682. The second-order valence-electron chi connectivity index (χ2n) is 6.19. The van der Waals surface area contributed by atoms with E-state index in [0.29, 0.717) is 5.56 Å². The highest BCUT2D eigenvalue weighted by molar-refractivity contribution is 5.85. The molecule has 1 amide bonds. The van der Waals surface area contributed by atoms with Crippen molar-refractivity contribution in [3.8, 4) is 0 Å². The Morgan fingerprint density at radius 2 is 2.18 bits per heavy atom. The van der Waals surface area contributed by atoms with E-state index in [-0.39, 0.29) is 42.0 Å². The maximum Gasteiger partial charge on any atom is 0.223 e. The van der Waals surface area contributed by atoms with Crippen molar-refractivity contribution >= 4 is 18.3 Å². The van der Waals surface area contributed by atoms with Gasteiger partial charge in [-0.2, -0.15) is 0 Å². The van der Waals surface area contributed by atoms with Gasteiger partial charge in [0.2, 0.25) is 5.91 Å². The zero-order chi connectivity index (χ0) is 14.9. The number of piperidine rings is 1. The monoisotopic (exact) mass is 328 g/mol. The Bertz CT molecular complexity index is 535. The molecule has 2 aliphatic rings. The molecule has 1 saturated carbocycles. The molecule has 2 unspecified atom stereocenters. The fraction of sp³-hybridized carbons (Fsp3) is 0.562. The van der Waals surface area contributed by atoms with E-state index < -0.39 is 6.10 Å². The third-order valence-corrected chi connectivity index (χ3v) is 4.81. The van der Waals surface area contributed by atoms with Gasteiger partial charge in [-0.25, -0.2) is 4.39 Å². The molecule has 1 heterocycles. The molecule has 1 aliphatic heterocycles. The zero-order valence-corrected chi connectivity index (χ0v) is 13.2. The number of benzene rings is 1. The van der Waals surface area contributed by atoms with Gasteiger partial charge in [0.15, 0.2) is 0 Å². The highest BCUT2D eigenvalue weighted by Gasteiger charge is 2.57. The predicted octanol–water partition coefficient (Wildman–Crippen LogP) is 1.79. The number of rotatable bonds is 4. The Labute approximate surface area is 135 Å². The Morgan fingerprint density at radius 3 is 2.86 bits per heavy atom. The van der Waals surface area contributed by atoms with Crippen molar-refractivity contribution in [2.24, 2.45) is 11.3 Å². The van der Waals surface area contributed by atoms with Crippen LogP contribution in [0.3, 0.4) is 0 Å². The summed E-state index contributed by atoms with van der Waals surface area (Å²) < 4.78 is 13.1. The average molecular weight is 329 g/mol. The van der Waals surface area contributed by atoms with E-state index in [2.05, 4.69) is 10.6 Å². The zero-order valence-electron chi connectivity index (χ0n) is 12.3. The second kappa shape index (κ2) is 6.94. The lowest BCUT2D eigenvalue weighted by Crippen LogP contribution is -2.35. The Hall–Kier alpha value is -1.17. The summed E-state index contributed by atoms with van der Waals surface area (Å²) >= 11 is 0. The van der Waals surface area contributed by atoms with Gasteiger partial charge < -0.3 is 15.7 Å². The number of aliphatic hydroxyl groups excluding tert-OH is 1. The van der Waals surface area contributed by atoms with E-state index >= 15 is 0 Å². The molecule has 0 aromatic heterocycles. The van der Waals surface area contributed by atoms with E-state index in [4.69, 9.17) is 0 Å². The van der Waals surface area contributed by atoms with Gasteiger partial charge in [-0.3, -0.25) is 4.79 Å². The van der Waals surface area contributed by atoms with Crippen LogP contribution in [0.4, 0.5) is 4.39 Å². The van der Waals surface area contributed by atoms with Crippen LogP contribution in [0, 0.1) is 17.2 Å². The number of amides is 1. The summed E-state index contributed by atoms with van der Waals surface area (Å²) in [5, 5.41) is 16.1. The molecule has 1 saturated heterocycles. The summed E-state index contributed by atoms with van der Waals surface area (Å²) in [6.07, 6.45) is 2.19. The van der Waals surface area contributed by atoms with Gasteiger partial charge in [-0.15, -0.1) is 12.4 Å². The van der Waals surface area contributed by atoms with Gasteiger partial charge in [-0.1, -0.05) is 12.1 Å². The summed E-state index contributed by atoms with van der Waals surface area (Å²) in [6.45, 7) is 2.10. The first kappa shape index (κ1) is 17.2. The van der Waals surface area contributed by atoms with Crippen LogP contribution in [0.15, 0.2) is 24.3 Å². The summed E-state index contributed by atoms with van der Waals surface area (Å²) in [6, 6.07) is 5.84. The minimum Gasteiger partial charge on any atom is -0.387 e. The van der Waals surface area contributed by atoms with Crippen LogP contribution in [-0.2, 0) is 4.79 Å². The highest BCUT2D eigenvalue weighted by Crippen LogP contribution is 2.58. The Balaban J connectivity index is 0.00000176. The van der Waals surface area contributed by atoms with Crippen LogP contribution in [0.2, 0.25) is 0 Å². The number of halogens is 2. The number of carbonyl (C=O) groups excluding carboxylic acids is 1. The molecule has 3 rings (SSSR count). The van der Waals surface area contributed by atoms with Crippen molar-refractivity contribution in [2.75, 3.05) is 19.6 Å². The van der Waals surface area contributed by atoms with Gasteiger partial charge in [0.25, 0.3) is 0 Å². The molecular formula is C16H22ClFN2O2. The fourth-order valence-corrected chi connectivity index (χ4v) is 3.35. The van der Waals surface area contributed by atoms with Gasteiger partial charge in [0.05, 0.1) is 6.10 Å². The third kappa shape index (κ3) is 3.59. The van der Waals surface area contributed by atoms with E-state index in [9.17, 15) is 14.3 Å². The van der Waals surface area contributed by atoms with E-state index in [0.717, 1.165) is 32.4 Å². The van der Waals surface area contributed by atoms with Gasteiger partial charge in [-0.05, 0) is 55.5 Å². The van der Waals surface area contributed by atoms with Crippen LogP contribution in [0.5, 0.6) is 0 Å². The van der Waals surface area contributed by atoms with Gasteiger partial charge in [0.1, 0.15) is 5.82 Å². The maximum absolute atomic E-state index is 13.1. The lowest BCUT2D eigenvalue weighted by molar-refractivity contribution is -0.123. The average Bonchev–Trinajstić information content (AvgIpc) is 3.18. The van der Waals surface area contributed by atoms with Crippen molar-refractivity contribution < 1.29 is 14.3 Å². The minimum atomic E-state index is -0.868. The quantitative estimate of drug-likeness (QED) is 0.789. The molecule has 3 N–H and O–H groups in total. The standard InChI is InChI=1S/C16H21FN2O2.ClH/c17-12-3-1-2-11(8-12)14(20)10-19-15(21)13-9-16(13)4-6-18-7-5-16;/h1-3,8,13-14,18,20H,4-7,9-10H2,(H,19,21);1H. The molecule has 1 spiro atoms. The molecule has 0 bridgehead atoms. The van der Waals surface area contributed by atoms with E-state index in [1.807, 2.05) is 0 Å². The first-order valence-electron chi connectivity index (χ1n) is 7.53. The molecule has 22 heavy (non-hydrogen) atoms. The highest BCUT2D eigenvalue weighted by atomic mass is 35.5. The van der Waals surface area contributed by atoms with Crippen LogP contribution in [-0.4, -0.2) is 30.6 Å². The molecule has 0 radical (unpaired) electrons. The van der Waals surface area contributed by atoms with Gasteiger partial charge in [0, 0.05) is 12.5 Å². The number of aliphatic hydroxyl groups is 1. The van der Waals surface area contributed by atoms with Crippen molar-refractivity contribution in [2.45, 2.75) is 25.4 Å². The molecule has 2 fully saturated rings. The Kier molecular flexibility index (Phi) is 5.42. The first-order chi connectivity index (χ1) is 10.1. The predicted molar refractivity (Wildman–Crippen MR) is 84.3 cm³/mol. The summed E-state index contributed by atoms with van der Waals surface area (Å²) in [4.78, 5) is 12.2. The largest absolute Gasteiger partial charge is 0.387 e. The van der Waals surface area contributed by atoms with Crippen molar-refractivity contribution in [1.29, 1.82) is 0 Å². The molecule has 6 heteroatoms. The van der Waals surface area contributed by atoms with Gasteiger partial charge >= 0.3 is 0 Å². The molecule has 1 aromatic rings. The van der Waals surface area contributed by atoms with Crippen molar-refractivity contribution in [1.82, 2.24) is 10.6 Å². The van der Waals surface area contributed by atoms with Crippen molar-refractivity contribution in [3.05, 3.63) is 35.6 Å². The molecule has 4 nitrogen and oxygen atoms in total. The topological polar surface area (TPSA) is 61.4 Å². The molecule has 1 aliphatic carbocycles. The molecule has 2 atom stereocenters. The van der Waals surface area contributed by atoms with Crippen LogP contribution < -0.4 is 10.6 Å². The number of hydrogen-bond acceptors (Lipinski definition) is 3. The summed E-state index contributed by atoms with van der Waals surface area (Å²) in [5.74, 6) is -0.277. The van der Waals surface area contributed by atoms with Crippen molar-refractivity contribution in [3.63, 3.8) is 0 Å². The number of nitrogens with one attached hydrogen (secondary N) is 2. The van der Waals surface area contributed by atoms with Crippen LogP contribution in [0.25, 0.3) is 0 Å². The number of hydrogen-bond donors (Lipinski definition) is 3. The van der Waals surface area contributed by atoms with E-state index in [1.165, 1.54) is 12.1 Å². The lowest BCUT2D eigenvalue weighted by Gasteiger charge is -2.23. The van der Waals surface area contributed by atoms with Crippen LogP contribution in [0.1, 0.15) is 30.9 Å². The molecule has 122 valence electrons. The molecule has 1 aromatic carbocycles. The third-order valence-electron chi connectivity index (χ3n) is 4.81. The second-order valence-corrected chi connectivity index (χ2v) is 6.19. The Morgan fingerprint density at radius 1 is 1.45 bits per heavy atom. The molecular weight excluding hydrogens is 307 g/mol.